The Morgan fingerprint density at radius 3 is 2.89 bits per heavy atom. The SMILES string of the molecule is COCCCNC(=O)N1C[C@@H](OCc2ccccc2)C[C@H]1c1n[nH]c(C)n1. The maximum atomic E-state index is 12.7. The summed E-state index contributed by atoms with van der Waals surface area (Å²) in [5, 5.41) is 10.1. The molecule has 2 heterocycles. The third-order valence-electron chi connectivity index (χ3n) is 4.57. The molecule has 3 rings (SSSR count). The maximum Gasteiger partial charge on any atom is 0.318 e. The van der Waals surface area contributed by atoms with Crippen molar-refractivity contribution < 1.29 is 14.3 Å². The van der Waals surface area contributed by atoms with Crippen LogP contribution in [0.5, 0.6) is 0 Å². The Morgan fingerprint density at radius 1 is 1.37 bits per heavy atom. The Labute approximate surface area is 159 Å². The number of benzene rings is 1. The molecule has 8 nitrogen and oxygen atoms in total. The van der Waals surface area contributed by atoms with E-state index in [0.717, 1.165) is 17.8 Å². The molecule has 0 aliphatic carbocycles. The zero-order chi connectivity index (χ0) is 19.1. The molecule has 27 heavy (non-hydrogen) atoms. The van der Waals surface area contributed by atoms with Gasteiger partial charge in [-0.2, -0.15) is 5.10 Å². The number of aromatic nitrogens is 3. The predicted octanol–water partition coefficient (Wildman–Crippen LogP) is 2.19. The van der Waals surface area contributed by atoms with Gasteiger partial charge in [0.15, 0.2) is 5.82 Å². The van der Waals surface area contributed by atoms with Gasteiger partial charge in [-0.3, -0.25) is 5.10 Å². The number of nitrogens with zero attached hydrogens (tertiary/aromatic N) is 3. The highest BCUT2D eigenvalue weighted by Crippen LogP contribution is 2.32. The summed E-state index contributed by atoms with van der Waals surface area (Å²) in [6.45, 7) is 4.07. The molecule has 1 aromatic carbocycles. The molecule has 1 aliphatic rings. The first-order valence-electron chi connectivity index (χ1n) is 9.25. The summed E-state index contributed by atoms with van der Waals surface area (Å²) in [5.41, 5.74) is 1.12. The minimum atomic E-state index is -0.196. The number of carbonyl (C=O) groups is 1. The third-order valence-corrected chi connectivity index (χ3v) is 4.57. The Kier molecular flexibility index (Phi) is 6.78. The van der Waals surface area contributed by atoms with Crippen LogP contribution in [0.25, 0.3) is 0 Å². The molecular weight excluding hydrogens is 346 g/mol. The normalized spacial score (nSPS) is 19.4. The van der Waals surface area contributed by atoms with E-state index in [4.69, 9.17) is 9.47 Å². The summed E-state index contributed by atoms with van der Waals surface area (Å²) >= 11 is 0. The van der Waals surface area contributed by atoms with E-state index in [1.807, 2.05) is 37.3 Å². The first-order valence-corrected chi connectivity index (χ1v) is 9.25. The molecule has 2 aromatic rings. The summed E-state index contributed by atoms with van der Waals surface area (Å²) in [4.78, 5) is 18.9. The molecule has 1 saturated heterocycles. The van der Waals surface area contributed by atoms with Crippen molar-refractivity contribution >= 4 is 6.03 Å². The molecule has 0 unspecified atom stereocenters. The molecule has 0 saturated carbocycles. The van der Waals surface area contributed by atoms with Gasteiger partial charge in [-0.15, -0.1) is 0 Å². The number of nitrogens with one attached hydrogen (secondary N) is 2. The maximum absolute atomic E-state index is 12.7. The summed E-state index contributed by atoms with van der Waals surface area (Å²) < 4.78 is 11.1. The number of aromatic amines is 1. The van der Waals surface area contributed by atoms with E-state index in [-0.39, 0.29) is 18.2 Å². The Bertz CT molecular complexity index is 721. The predicted molar refractivity (Wildman–Crippen MR) is 100 cm³/mol. The molecular formula is C19H27N5O3. The zero-order valence-corrected chi connectivity index (χ0v) is 15.9. The van der Waals surface area contributed by atoms with Gasteiger partial charge < -0.3 is 19.7 Å². The average molecular weight is 373 g/mol. The molecule has 0 radical (unpaired) electrons. The molecule has 2 N–H and O–H groups in total. The quantitative estimate of drug-likeness (QED) is 0.692. The molecule has 2 amide bonds. The topological polar surface area (TPSA) is 92.4 Å². The van der Waals surface area contributed by atoms with Crippen molar-refractivity contribution in [2.45, 2.75) is 38.5 Å². The summed E-state index contributed by atoms with van der Waals surface area (Å²) in [5.74, 6) is 1.37. The lowest BCUT2D eigenvalue weighted by molar-refractivity contribution is 0.0483. The van der Waals surface area contributed by atoms with Gasteiger partial charge in [0.05, 0.1) is 18.8 Å². The van der Waals surface area contributed by atoms with E-state index in [1.54, 1.807) is 12.0 Å². The second-order valence-corrected chi connectivity index (χ2v) is 6.68. The fourth-order valence-electron chi connectivity index (χ4n) is 3.20. The van der Waals surface area contributed by atoms with Gasteiger partial charge in [0.2, 0.25) is 0 Å². The van der Waals surface area contributed by atoms with Crippen molar-refractivity contribution in [2.24, 2.45) is 0 Å². The highest BCUT2D eigenvalue weighted by molar-refractivity contribution is 5.75. The van der Waals surface area contributed by atoms with Gasteiger partial charge in [0, 0.05) is 33.2 Å². The van der Waals surface area contributed by atoms with Crippen molar-refractivity contribution in [2.75, 3.05) is 26.8 Å². The van der Waals surface area contributed by atoms with Crippen molar-refractivity contribution in [3.05, 3.63) is 47.5 Å². The number of ether oxygens (including phenoxy) is 2. The number of hydrogen-bond acceptors (Lipinski definition) is 5. The van der Waals surface area contributed by atoms with Crippen molar-refractivity contribution in [3.63, 3.8) is 0 Å². The van der Waals surface area contributed by atoms with E-state index in [9.17, 15) is 4.79 Å². The molecule has 1 aromatic heterocycles. The van der Waals surface area contributed by atoms with Gasteiger partial charge >= 0.3 is 6.03 Å². The number of rotatable bonds is 8. The van der Waals surface area contributed by atoms with Gasteiger partial charge in [-0.05, 0) is 18.9 Å². The lowest BCUT2D eigenvalue weighted by atomic mass is 10.2. The van der Waals surface area contributed by atoms with Crippen molar-refractivity contribution in [1.29, 1.82) is 0 Å². The first kappa shape index (κ1) is 19.3. The van der Waals surface area contributed by atoms with Gasteiger partial charge in [0.1, 0.15) is 5.82 Å². The molecule has 1 aliphatic heterocycles. The van der Waals surface area contributed by atoms with Gasteiger partial charge in [0.25, 0.3) is 0 Å². The van der Waals surface area contributed by atoms with Crippen LogP contribution in [0, 0.1) is 6.92 Å². The number of likely N-dealkylation sites (tertiary alicyclic amines) is 1. The van der Waals surface area contributed by atoms with E-state index < -0.39 is 0 Å². The lowest BCUT2D eigenvalue weighted by Crippen LogP contribution is -2.41. The Morgan fingerprint density at radius 2 is 2.19 bits per heavy atom. The summed E-state index contributed by atoms with van der Waals surface area (Å²) in [6.07, 6.45) is 1.39. The van der Waals surface area contributed by atoms with E-state index >= 15 is 0 Å². The second-order valence-electron chi connectivity index (χ2n) is 6.68. The minimum Gasteiger partial charge on any atom is -0.385 e. The summed E-state index contributed by atoms with van der Waals surface area (Å²) in [6, 6.07) is 9.72. The molecule has 0 spiro atoms. The molecule has 0 bridgehead atoms. The molecule has 8 heteroatoms. The minimum absolute atomic E-state index is 0.0567. The van der Waals surface area contributed by atoms with Gasteiger partial charge in [-0.25, -0.2) is 9.78 Å². The van der Waals surface area contributed by atoms with Crippen LogP contribution in [0.2, 0.25) is 0 Å². The standard InChI is InChI=1S/C19H27N5O3/c1-14-21-18(23-22-14)17-11-16(27-13-15-7-4-3-5-8-15)12-24(17)19(25)20-9-6-10-26-2/h3-5,7-8,16-17H,6,9-13H2,1-2H3,(H,20,25)(H,21,22,23)/t16-,17-/m0/s1. The van der Waals surface area contributed by atoms with Crippen LogP contribution in [0.3, 0.4) is 0 Å². The van der Waals surface area contributed by atoms with Crippen LogP contribution in [-0.2, 0) is 16.1 Å². The molecule has 2 atom stereocenters. The van der Waals surface area contributed by atoms with Crippen molar-refractivity contribution in [1.82, 2.24) is 25.4 Å². The molecule has 146 valence electrons. The highest BCUT2D eigenvalue weighted by Gasteiger charge is 2.38. The summed E-state index contributed by atoms with van der Waals surface area (Å²) in [7, 11) is 1.65. The van der Waals surface area contributed by atoms with E-state index in [0.29, 0.717) is 38.5 Å². The van der Waals surface area contributed by atoms with Crippen LogP contribution in [0.15, 0.2) is 30.3 Å². The smallest absolute Gasteiger partial charge is 0.318 e. The number of hydrogen-bond donors (Lipinski definition) is 2. The number of methoxy groups -OCH3 is 1. The van der Waals surface area contributed by atoms with Crippen LogP contribution >= 0.6 is 0 Å². The molecule has 1 fully saturated rings. The van der Waals surface area contributed by atoms with Crippen LogP contribution in [0.1, 0.15) is 36.1 Å². The van der Waals surface area contributed by atoms with Crippen LogP contribution < -0.4 is 5.32 Å². The number of aryl methyl sites for hydroxylation is 1. The van der Waals surface area contributed by atoms with Crippen LogP contribution in [-0.4, -0.2) is 59.0 Å². The van der Waals surface area contributed by atoms with E-state index in [1.165, 1.54) is 0 Å². The second kappa shape index (κ2) is 9.48. The Balaban J connectivity index is 1.62. The lowest BCUT2D eigenvalue weighted by Gasteiger charge is -2.22. The fourth-order valence-corrected chi connectivity index (χ4v) is 3.20. The fraction of sp³-hybridized carbons (Fsp3) is 0.526. The monoisotopic (exact) mass is 373 g/mol. The van der Waals surface area contributed by atoms with Gasteiger partial charge in [-0.1, -0.05) is 30.3 Å². The number of carbonyl (C=O) groups excluding carboxylic acids is 1. The number of urea groups is 1. The zero-order valence-electron chi connectivity index (χ0n) is 15.9. The van der Waals surface area contributed by atoms with Crippen molar-refractivity contribution in [3.8, 4) is 0 Å². The largest absolute Gasteiger partial charge is 0.385 e. The average Bonchev–Trinajstić information content (AvgIpc) is 3.30. The number of H-pyrrole nitrogens is 1. The Hall–Kier alpha value is -2.45. The first-order chi connectivity index (χ1) is 13.2. The van der Waals surface area contributed by atoms with Crippen LogP contribution in [0.4, 0.5) is 4.79 Å². The van der Waals surface area contributed by atoms with E-state index in [2.05, 4.69) is 20.5 Å². The third kappa shape index (κ3) is 5.27. The highest BCUT2D eigenvalue weighted by atomic mass is 16.5. The number of amides is 2.